The normalized spacial score (nSPS) is 30.4. The monoisotopic (exact) mass is 366 g/mol. The van der Waals surface area contributed by atoms with Gasteiger partial charge in [-0.15, -0.1) is 12.4 Å². The second kappa shape index (κ2) is 6.90. The molecule has 1 aromatic rings. The molecular weight excluding hydrogens is 336 g/mol. The van der Waals surface area contributed by atoms with Gasteiger partial charge < -0.3 is 15.8 Å². The molecule has 4 nitrogen and oxygen atoms in total. The fraction of sp³-hybridized carbons (Fsp3) is 0.650. The molecule has 0 bridgehead atoms. The molecule has 3 unspecified atom stereocenters. The van der Waals surface area contributed by atoms with E-state index in [-0.39, 0.29) is 41.2 Å². The Hall–Kier alpha value is -1.10. The van der Waals surface area contributed by atoms with E-state index in [9.17, 15) is 4.79 Å². The first-order valence-corrected chi connectivity index (χ1v) is 8.95. The highest BCUT2D eigenvalue weighted by Crippen LogP contribution is 2.57. The van der Waals surface area contributed by atoms with Crippen LogP contribution in [0.15, 0.2) is 30.3 Å². The zero-order chi connectivity index (χ0) is 17.6. The second-order valence-corrected chi connectivity index (χ2v) is 8.56. The van der Waals surface area contributed by atoms with E-state index in [0.717, 1.165) is 19.4 Å². The zero-order valence-corrected chi connectivity index (χ0v) is 16.5. The number of rotatable bonds is 4. The second-order valence-electron chi connectivity index (χ2n) is 8.56. The Labute approximate surface area is 157 Å². The number of nitrogens with one attached hydrogen (secondary N) is 1. The molecule has 1 heterocycles. The summed E-state index contributed by atoms with van der Waals surface area (Å²) >= 11 is 0. The van der Waals surface area contributed by atoms with E-state index in [4.69, 9.17) is 10.5 Å². The minimum absolute atomic E-state index is 0. The summed E-state index contributed by atoms with van der Waals surface area (Å²) in [5, 5.41) is 3.13. The summed E-state index contributed by atoms with van der Waals surface area (Å²) in [5.41, 5.74) is 6.55. The van der Waals surface area contributed by atoms with Gasteiger partial charge in [0.05, 0.1) is 6.10 Å². The third-order valence-electron chi connectivity index (χ3n) is 6.31. The number of hydrogen-bond donors (Lipinski definition) is 2. The third-order valence-corrected chi connectivity index (χ3v) is 6.31. The zero-order valence-electron chi connectivity index (χ0n) is 15.7. The molecule has 5 heteroatoms. The van der Waals surface area contributed by atoms with Gasteiger partial charge in [-0.25, -0.2) is 0 Å². The number of nitrogens with two attached hydrogens (primary N) is 1. The van der Waals surface area contributed by atoms with Gasteiger partial charge in [-0.05, 0) is 18.4 Å². The first-order valence-electron chi connectivity index (χ1n) is 8.95. The van der Waals surface area contributed by atoms with Crippen molar-refractivity contribution in [2.75, 3.05) is 13.2 Å². The van der Waals surface area contributed by atoms with Crippen molar-refractivity contribution in [1.82, 2.24) is 5.32 Å². The Kier molecular flexibility index (Phi) is 5.58. The maximum atomic E-state index is 13.0. The van der Waals surface area contributed by atoms with Crippen molar-refractivity contribution in [3.63, 3.8) is 0 Å². The van der Waals surface area contributed by atoms with Crippen LogP contribution in [0.5, 0.6) is 0 Å². The average Bonchev–Trinajstić information content (AvgIpc) is 2.59. The van der Waals surface area contributed by atoms with Gasteiger partial charge in [-0.2, -0.15) is 0 Å². The molecule has 3 rings (SSSR count). The quantitative estimate of drug-likeness (QED) is 0.860. The van der Waals surface area contributed by atoms with Crippen LogP contribution in [0.4, 0.5) is 0 Å². The number of fused-ring (bicyclic) bond motifs is 1. The number of hydrogen-bond acceptors (Lipinski definition) is 3. The number of carbonyl (C=O) groups excluding carboxylic acids is 1. The number of halogens is 1. The molecule has 1 saturated heterocycles. The maximum absolute atomic E-state index is 13.0. The van der Waals surface area contributed by atoms with Crippen molar-refractivity contribution in [1.29, 1.82) is 0 Å². The Balaban J connectivity index is 0.00000225. The highest BCUT2D eigenvalue weighted by atomic mass is 35.5. The van der Waals surface area contributed by atoms with Crippen LogP contribution in [0.1, 0.15) is 46.1 Å². The average molecular weight is 367 g/mol. The maximum Gasteiger partial charge on any atom is 0.241 e. The van der Waals surface area contributed by atoms with Crippen molar-refractivity contribution in [3.8, 4) is 0 Å². The van der Waals surface area contributed by atoms with E-state index >= 15 is 0 Å². The van der Waals surface area contributed by atoms with Crippen LogP contribution in [-0.2, 0) is 14.9 Å². The van der Waals surface area contributed by atoms with E-state index in [0.29, 0.717) is 6.54 Å². The number of benzene rings is 1. The summed E-state index contributed by atoms with van der Waals surface area (Å²) in [6.07, 6.45) is 2.06. The van der Waals surface area contributed by atoms with Gasteiger partial charge in [0.1, 0.15) is 5.54 Å². The molecule has 0 aromatic heterocycles. The molecule has 1 amide bonds. The lowest BCUT2D eigenvalue weighted by atomic mass is 9.46. The van der Waals surface area contributed by atoms with Gasteiger partial charge in [-0.1, -0.05) is 58.0 Å². The largest absolute Gasteiger partial charge is 0.377 e. The molecule has 1 aromatic carbocycles. The molecule has 1 aliphatic carbocycles. The summed E-state index contributed by atoms with van der Waals surface area (Å²) in [6.45, 7) is 9.75. The number of ether oxygens (including phenoxy) is 1. The topological polar surface area (TPSA) is 64.4 Å². The standard InChI is InChI=1S/C20H30N2O2.ClH/c1-18(2,14-9-6-5-7-10-14)13-22-17(23)20(21)15-11-8-12-24-16(15)19(20,3)4;/h5-7,9-10,15-16H,8,11-13,21H2,1-4H3,(H,22,23);1H. The van der Waals surface area contributed by atoms with Crippen LogP contribution >= 0.6 is 12.4 Å². The lowest BCUT2D eigenvalue weighted by Gasteiger charge is -2.65. The summed E-state index contributed by atoms with van der Waals surface area (Å²) in [5.74, 6) is 0.0874. The highest BCUT2D eigenvalue weighted by molar-refractivity contribution is 5.89. The van der Waals surface area contributed by atoms with Crippen LogP contribution < -0.4 is 11.1 Å². The first kappa shape index (κ1) is 20.2. The lowest BCUT2D eigenvalue weighted by molar-refractivity contribution is -0.225. The van der Waals surface area contributed by atoms with Crippen LogP contribution in [0.25, 0.3) is 0 Å². The third kappa shape index (κ3) is 3.09. The van der Waals surface area contributed by atoms with Gasteiger partial charge in [0.25, 0.3) is 0 Å². The van der Waals surface area contributed by atoms with E-state index in [1.165, 1.54) is 5.56 Å². The van der Waals surface area contributed by atoms with Crippen LogP contribution in [0.2, 0.25) is 0 Å². The fourth-order valence-corrected chi connectivity index (χ4v) is 4.48. The number of carbonyl (C=O) groups is 1. The van der Waals surface area contributed by atoms with E-state index in [2.05, 4.69) is 45.1 Å². The minimum atomic E-state index is -0.842. The molecule has 25 heavy (non-hydrogen) atoms. The van der Waals surface area contributed by atoms with Gasteiger partial charge in [0.2, 0.25) is 5.91 Å². The molecule has 0 spiro atoms. The first-order chi connectivity index (χ1) is 11.2. The van der Waals surface area contributed by atoms with Crippen molar-refractivity contribution < 1.29 is 9.53 Å². The Morgan fingerprint density at radius 3 is 2.60 bits per heavy atom. The SMILES string of the molecule is CC(C)(CNC(=O)C1(N)C2CCCOC2C1(C)C)c1ccccc1.Cl. The summed E-state index contributed by atoms with van der Waals surface area (Å²) in [4.78, 5) is 13.0. The van der Waals surface area contributed by atoms with Gasteiger partial charge >= 0.3 is 0 Å². The van der Waals surface area contributed by atoms with Gasteiger partial charge in [0, 0.05) is 29.9 Å². The van der Waals surface area contributed by atoms with Crippen LogP contribution in [0.3, 0.4) is 0 Å². The van der Waals surface area contributed by atoms with Crippen LogP contribution in [0, 0.1) is 11.3 Å². The van der Waals surface area contributed by atoms with E-state index in [1.807, 2.05) is 18.2 Å². The Morgan fingerprint density at radius 2 is 1.96 bits per heavy atom. The molecule has 1 aliphatic heterocycles. The lowest BCUT2D eigenvalue weighted by Crippen LogP contribution is -2.82. The Bertz CT molecular complexity index is 617. The molecule has 1 saturated carbocycles. The van der Waals surface area contributed by atoms with Crippen LogP contribution in [-0.4, -0.2) is 30.7 Å². The van der Waals surface area contributed by atoms with Crippen molar-refractivity contribution in [3.05, 3.63) is 35.9 Å². The van der Waals surface area contributed by atoms with Crippen molar-refractivity contribution in [2.24, 2.45) is 17.1 Å². The highest BCUT2D eigenvalue weighted by Gasteiger charge is 2.70. The van der Waals surface area contributed by atoms with Gasteiger partial charge in [-0.3, -0.25) is 4.79 Å². The predicted octanol–water partition coefficient (Wildman–Crippen LogP) is 3.03. The van der Waals surface area contributed by atoms with Crippen molar-refractivity contribution in [2.45, 2.75) is 57.6 Å². The summed E-state index contributed by atoms with van der Waals surface area (Å²) in [7, 11) is 0. The molecule has 3 N–H and O–H groups in total. The predicted molar refractivity (Wildman–Crippen MR) is 103 cm³/mol. The van der Waals surface area contributed by atoms with E-state index < -0.39 is 5.54 Å². The summed E-state index contributed by atoms with van der Waals surface area (Å²) in [6, 6.07) is 10.3. The molecular formula is C20H31ClN2O2. The molecule has 0 radical (unpaired) electrons. The fourth-order valence-electron chi connectivity index (χ4n) is 4.48. The molecule has 2 fully saturated rings. The van der Waals surface area contributed by atoms with Crippen molar-refractivity contribution >= 4 is 18.3 Å². The summed E-state index contributed by atoms with van der Waals surface area (Å²) < 4.78 is 5.89. The van der Waals surface area contributed by atoms with Gasteiger partial charge in [0.15, 0.2) is 0 Å². The van der Waals surface area contributed by atoms with E-state index in [1.54, 1.807) is 0 Å². The molecule has 2 aliphatic rings. The Morgan fingerprint density at radius 1 is 1.32 bits per heavy atom. The smallest absolute Gasteiger partial charge is 0.241 e. The minimum Gasteiger partial charge on any atom is -0.377 e. The number of amides is 1. The molecule has 140 valence electrons. The molecule has 3 atom stereocenters.